The summed E-state index contributed by atoms with van der Waals surface area (Å²) in [5.74, 6) is 0.235. The van der Waals surface area contributed by atoms with Gasteiger partial charge >= 0.3 is 5.97 Å². The van der Waals surface area contributed by atoms with E-state index >= 15 is 0 Å². The van der Waals surface area contributed by atoms with Crippen molar-refractivity contribution in [1.82, 2.24) is 0 Å². The molecule has 2 heteroatoms. The molecule has 27 heavy (non-hydrogen) atoms. The molecule has 0 aliphatic heterocycles. The predicted molar refractivity (Wildman–Crippen MR) is 110 cm³/mol. The first-order chi connectivity index (χ1) is 13.0. The molecule has 1 aliphatic rings. The second kappa shape index (κ2) is 6.84. The van der Waals surface area contributed by atoms with Gasteiger partial charge in [-0.1, -0.05) is 68.4 Å². The van der Waals surface area contributed by atoms with Gasteiger partial charge < -0.3 is 4.74 Å². The van der Waals surface area contributed by atoms with E-state index in [0.717, 1.165) is 30.0 Å². The van der Waals surface area contributed by atoms with Gasteiger partial charge in [-0.05, 0) is 52.8 Å². The number of rotatable bonds is 4. The third kappa shape index (κ3) is 3.25. The number of carbonyl (C=O) groups is 1. The Kier molecular flexibility index (Phi) is 4.51. The van der Waals surface area contributed by atoms with E-state index in [0.29, 0.717) is 11.5 Å². The molecular weight excluding hydrogens is 332 g/mol. The van der Waals surface area contributed by atoms with E-state index in [-0.39, 0.29) is 5.97 Å². The molecule has 0 spiro atoms. The normalized spacial score (nSPS) is 16.1. The lowest BCUT2D eigenvalue weighted by atomic mass is 9.91. The number of esters is 1. The van der Waals surface area contributed by atoms with E-state index < -0.39 is 5.60 Å². The van der Waals surface area contributed by atoms with Gasteiger partial charge in [-0.2, -0.15) is 0 Å². The molecule has 4 rings (SSSR count). The summed E-state index contributed by atoms with van der Waals surface area (Å²) in [6, 6.07) is 20.6. The quantitative estimate of drug-likeness (QED) is 0.529. The molecule has 0 aromatic heterocycles. The zero-order valence-electron chi connectivity index (χ0n) is 16.3. The van der Waals surface area contributed by atoms with Crippen LogP contribution < -0.4 is 0 Å². The Morgan fingerprint density at radius 1 is 0.963 bits per heavy atom. The van der Waals surface area contributed by atoms with E-state index in [9.17, 15) is 4.79 Å². The van der Waals surface area contributed by atoms with Crippen LogP contribution in [0.4, 0.5) is 0 Å². The van der Waals surface area contributed by atoms with Gasteiger partial charge in [-0.3, -0.25) is 0 Å². The maximum atomic E-state index is 13.1. The van der Waals surface area contributed by atoms with Crippen LogP contribution >= 0.6 is 0 Å². The molecule has 0 radical (unpaired) electrons. The third-order valence-corrected chi connectivity index (χ3v) is 5.91. The molecule has 1 atom stereocenters. The van der Waals surface area contributed by atoms with E-state index in [1.807, 2.05) is 43.3 Å². The van der Waals surface area contributed by atoms with Crippen LogP contribution in [-0.2, 0) is 17.6 Å². The summed E-state index contributed by atoms with van der Waals surface area (Å²) in [6.45, 7) is 6.47. The van der Waals surface area contributed by atoms with E-state index in [1.54, 1.807) is 0 Å². The first-order valence-electron chi connectivity index (χ1n) is 9.82. The molecule has 138 valence electrons. The van der Waals surface area contributed by atoms with Gasteiger partial charge in [-0.25, -0.2) is 4.79 Å². The van der Waals surface area contributed by atoms with Crippen LogP contribution in [-0.4, -0.2) is 11.6 Å². The minimum Gasteiger partial charge on any atom is -0.455 e. The lowest BCUT2D eigenvalue weighted by molar-refractivity contribution is -0.00430. The highest BCUT2D eigenvalue weighted by Gasteiger charge is 2.36. The second-order valence-corrected chi connectivity index (χ2v) is 8.02. The SMILES string of the molecule is CCC(C)c1cccc2c(C(=O)OC3(C)Cc4ccccc4C3)cccc12. The Morgan fingerprint density at radius 2 is 1.59 bits per heavy atom. The molecule has 3 aromatic rings. The fraction of sp³-hybridized carbons (Fsp3) is 0.320. The standard InChI is InChI=1S/C25H26O2/c1-4-17(2)20-11-7-13-22-21(20)12-8-14-23(22)24(26)27-25(3)15-18-9-5-6-10-19(18)16-25/h5-14,17H,4,15-16H2,1-3H3. The predicted octanol–water partition coefficient (Wildman–Crippen LogP) is 6.07. The van der Waals surface area contributed by atoms with Gasteiger partial charge in [0, 0.05) is 12.8 Å². The first kappa shape index (κ1) is 17.8. The van der Waals surface area contributed by atoms with Crippen LogP contribution in [0.2, 0.25) is 0 Å². The van der Waals surface area contributed by atoms with E-state index in [4.69, 9.17) is 4.74 Å². The van der Waals surface area contributed by atoms with Crippen LogP contribution in [0.5, 0.6) is 0 Å². The van der Waals surface area contributed by atoms with Gasteiger partial charge in [-0.15, -0.1) is 0 Å². The zero-order chi connectivity index (χ0) is 19.0. The molecule has 0 saturated heterocycles. The van der Waals surface area contributed by atoms with Crippen LogP contribution in [0.25, 0.3) is 10.8 Å². The summed E-state index contributed by atoms with van der Waals surface area (Å²) >= 11 is 0. The minimum atomic E-state index is -0.475. The molecule has 1 unspecified atom stereocenters. The van der Waals surface area contributed by atoms with Gasteiger partial charge in [0.2, 0.25) is 0 Å². The molecule has 2 nitrogen and oxygen atoms in total. The molecule has 0 fully saturated rings. The summed E-state index contributed by atoms with van der Waals surface area (Å²) in [4.78, 5) is 13.1. The van der Waals surface area contributed by atoms with Crippen molar-refractivity contribution in [3.8, 4) is 0 Å². The summed E-state index contributed by atoms with van der Waals surface area (Å²) in [5.41, 5.74) is 4.05. The molecule has 0 amide bonds. The van der Waals surface area contributed by atoms with Crippen LogP contribution in [0.1, 0.15) is 60.2 Å². The summed E-state index contributed by atoms with van der Waals surface area (Å²) in [6.07, 6.45) is 2.62. The highest BCUT2D eigenvalue weighted by atomic mass is 16.6. The average molecular weight is 358 g/mol. The molecule has 0 bridgehead atoms. The van der Waals surface area contributed by atoms with Gasteiger partial charge in [0.25, 0.3) is 0 Å². The van der Waals surface area contributed by atoms with Crippen molar-refractivity contribution in [3.05, 3.63) is 82.9 Å². The Bertz CT molecular complexity index is 977. The number of hydrogen-bond donors (Lipinski definition) is 0. The first-order valence-corrected chi connectivity index (χ1v) is 9.82. The van der Waals surface area contributed by atoms with E-state index in [1.165, 1.54) is 16.7 Å². The number of ether oxygens (including phenoxy) is 1. The highest BCUT2D eigenvalue weighted by Crippen LogP contribution is 2.35. The Labute approximate surface area is 161 Å². The third-order valence-electron chi connectivity index (χ3n) is 5.91. The maximum Gasteiger partial charge on any atom is 0.339 e. The smallest absolute Gasteiger partial charge is 0.339 e. The fourth-order valence-electron chi connectivity index (χ4n) is 4.28. The lowest BCUT2D eigenvalue weighted by Gasteiger charge is -2.25. The van der Waals surface area contributed by atoms with Gasteiger partial charge in [0.1, 0.15) is 5.60 Å². The van der Waals surface area contributed by atoms with Crippen molar-refractivity contribution >= 4 is 16.7 Å². The lowest BCUT2D eigenvalue weighted by Crippen LogP contribution is -2.32. The Balaban J connectivity index is 1.66. The molecule has 3 aromatic carbocycles. The van der Waals surface area contributed by atoms with Crippen molar-refractivity contribution in [2.75, 3.05) is 0 Å². The number of fused-ring (bicyclic) bond motifs is 2. The Hall–Kier alpha value is -2.61. The van der Waals surface area contributed by atoms with Crippen molar-refractivity contribution in [3.63, 3.8) is 0 Å². The largest absolute Gasteiger partial charge is 0.455 e. The topological polar surface area (TPSA) is 26.3 Å². The number of carbonyl (C=O) groups excluding carboxylic acids is 1. The summed E-state index contributed by atoms with van der Waals surface area (Å²) < 4.78 is 6.06. The fourth-order valence-corrected chi connectivity index (χ4v) is 4.28. The zero-order valence-corrected chi connectivity index (χ0v) is 16.3. The molecule has 0 saturated carbocycles. The van der Waals surface area contributed by atoms with Crippen molar-refractivity contribution in [2.24, 2.45) is 0 Å². The maximum absolute atomic E-state index is 13.1. The molecule has 0 heterocycles. The number of benzene rings is 3. The summed E-state index contributed by atoms with van der Waals surface area (Å²) in [5, 5.41) is 2.14. The highest BCUT2D eigenvalue weighted by molar-refractivity contribution is 6.05. The van der Waals surface area contributed by atoms with E-state index in [2.05, 4.69) is 38.1 Å². The van der Waals surface area contributed by atoms with Crippen molar-refractivity contribution in [2.45, 2.75) is 51.6 Å². The monoisotopic (exact) mass is 358 g/mol. The van der Waals surface area contributed by atoms with Crippen molar-refractivity contribution < 1.29 is 9.53 Å². The second-order valence-electron chi connectivity index (χ2n) is 8.02. The van der Waals surface area contributed by atoms with Crippen LogP contribution in [0.3, 0.4) is 0 Å². The van der Waals surface area contributed by atoms with Gasteiger partial charge in [0.15, 0.2) is 0 Å². The van der Waals surface area contributed by atoms with Gasteiger partial charge in [0.05, 0.1) is 5.56 Å². The van der Waals surface area contributed by atoms with Crippen LogP contribution in [0.15, 0.2) is 60.7 Å². The summed E-state index contributed by atoms with van der Waals surface area (Å²) in [7, 11) is 0. The Morgan fingerprint density at radius 3 is 2.26 bits per heavy atom. The molecule has 1 aliphatic carbocycles. The van der Waals surface area contributed by atoms with Crippen LogP contribution in [0, 0.1) is 0 Å². The average Bonchev–Trinajstić information content (AvgIpc) is 3.01. The molecule has 0 N–H and O–H groups in total. The molecular formula is C25H26O2. The number of hydrogen-bond acceptors (Lipinski definition) is 2. The van der Waals surface area contributed by atoms with Crippen molar-refractivity contribution in [1.29, 1.82) is 0 Å². The minimum absolute atomic E-state index is 0.225.